The van der Waals surface area contributed by atoms with Gasteiger partial charge in [-0.05, 0) is 126 Å². The third kappa shape index (κ3) is 5.02. The Kier molecular flexibility index (Phi) is 7.76. The maximum Gasteiger partial charge on any atom is 0.197 e. The summed E-state index contributed by atoms with van der Waals surface area (Å²) in [5.74, 6) is 0. The minimum Gasteiger partial charge on any atom is -0.354 e. The summed E-state index contributed by atoms with van der Waals surface area (Å²) in [7, 11) is 2.51. The van der Waals surface area contributed by atoms with Crippen LogP contribution in [0.5, 0.6) is 0 Å². The summed E-state index contributed by atoms with van der Waals surface area (Å²) < 4.78 is 0. The van der Waals surface area contributed by atoms with Gasteiger partial charge >= 0.3 is 0 Å². The first-order valence-corrected chi connectivity index (χ1v) is 24.3. The van der Waals surface area contributed by atoms with E-state index in [-0.39, 0.29) is 16.2 Å². The van der Waals surface area contributed by atoms with Crippen molar-refractivity contribution in [1.29, 1.82) is 0 Å². The Bertz CT molecular complexity index is 3600. The van der Waals surface area contributed by atoms with Gasteiger partial charge in [0.05, 0.1) is 16.8 Å². The molecule has 2 heterocycles. The van der Waals surface area contributed by atoms with Crippen LogP contribution in [0.3, 0.4) is 0 Å². The molecular formula is C64H52BN2. The molecule has 0 bridgehead atoms. The van der Waals surface area contributed by atoms with Gasteiger partial charge in [0, 0.05) is 39.0 Å². The molecular weight excluding hydrogens is 808 g/mol. The molecule has 14 rings (SSSR count). The summed E-state index contributed by atoms with van der Waals surface area (Å²) in [4.78, 5) is 2.64. The molecule has 321 valence electrons. The Labute approximate surface area is 395 Å². The molecule has 9 aromatic rings. The Morgan fingerprint density at radius 3 is 1.82 bits per heavy atom. The van der Waals surface area contributed by atoms with Crippen LogP contribution in [0.1, 0.15) is 98.9 Å². The second kappa shape index (κ2) is 13.3. The lowest BCUT2D eigenvalue weighted by molar-refractivity contribution is 0.332. The van der Waals surface area contributed by atoms with Gasteiger partial charge in [0.1, 0.15) is 0 Å². The predicted octanol–water partition coefficient (Wildman–Crippen LogP) is 15.0. The standard InChI is InChI=1S/C64H52BN2/c1-61(2)34-35-62(3,4)53-37-39(30-32-49(53)61)66-58-43(31-33-51-56(58)44-22-11-12-23-46(44)63(51,5)6)45-36-38-18-7-8-19-40(38)59-57(45)65-54-28-17-27-52-60(54)67(59)55-29-16-15-26-50(55)64(52)47-24-13-9-20-41(47)42-21-10-14-25-48(42)64/h7-33,36-37,66H,34-35H2,1-6H3. The van der Waals surface area contributed by atoms with Crippen LogP contribution in [0.15, 0.2) is 176 Å². The van der Waals surface area contributed by atoms with E-state index in [0.29, 0.717) is 0 Å². The number of anilines is 5. The fraction of sp³-hybridized carbons (Fsp3) is 0.188. The molecule has 5 aliphatic rings. The van der Waals surface area contributed by atoms with Gasteiger partial charge in [0.2, 0.25) is 0 Å². The van der Waals surface area contributed by atoms with Crippen molar-refractivity contribution in [3.8, 4) is 33.4 Å². The summed E-state index contributed by atoms with van der Waals surface area (Å²) >= 11 is 0. The highest BCUT2D eigenvalue weighted by Gasteiger charge is 2.53. The third-order valence-corrected chi connectivity index (χ3v) is 16.9. The normalized spacial score (nSPS) is 17.3. The quantitative estimate of drug-likeness (QED) is 0.178. The van der Waals surface area contributed by atoms with Crippen LogP contribution < -0.4 is 21.1 Å². The molecule has 0 fully saturated rings. The van der Waals surface area contributed by atoms with Crippen molar-refractivity contribution in [3.05, 3.63) is 220 Å². The number of nitrogens with one attached hydrogen (secondary N) is 1. The SMILES string of the molecule is CC1(C)CCC(C)(C)c2cc(Nc3c(-c4cc5ccccc5c5c4[B]c4cccc6c4N5c4ccccc4C64c5ccccc5-c5ccccc54)ccc4c3-c3ccccc3C4(C)C)ccc21. The summed E-state index contributed by atoms with van der Waals surface area (Å²) in [6, 6.07) is 67.3. The molecule has 0 atom stereocenters. The lowest BCUT2D eigenvalue weighted by atomic mass is 9.54. The van der Waals surface area contributed by atoms with E-state index in [4.69, 9.17) is 0 Å². The van der Waals surface area contributed by atoms with Crippen LogP contribution in [0.4, 0.5) is 28.4 Å². The van der Waals surface area contributed by atoms with Crippen molar-refractivity contribution in [1.82, 2.24) is 0 Å². The molecule has 9 aromatic carbocycles. The number of hydrogen-bond acceptors (Lipinski definition) is 2. The van der Waals surface area contributed by atoms with Gasteiger partial charge in [-0.2, -0.15) is 0 Å². The fourth-order valence-corrected chi connectivity index (χ4v) is 13.6. The molecule has 1 radical (unpaired) electrons. The van der Waals surface area contributed by atoms with Gasteiger partial charge in [-0.25, -0.2) is 0 Å². The Balaban J connectivity index is 1.05. The third-order valence-electron chi connectivity index (χ3n) is 16.9. The molecule has 0 unspecified atom stereocenters. The van der Waals surface area contributed by atoms with Gasteiger partial charge in [0.15, 0.2) is 7.28 Å². The highest BCUT2D eigenvalue weighted by molar-refractivity contribution is 6.74. The second-order valence-corrected chi connectivity index (χ2v) is 21.7. The number of benzene rings is 9. The van der Waals surface area contributed by atoms with Crippen molar-refractivity contribution in [2.75, 3.05) is 10.2 Å². The molecule has 3 aliphatic carbocycles. The molecule has 2 nitrogen and oxygen atoms in total. The zero-order valence-electron chi connectivity index (χ0n) is 39.2. The van der Waals surface area contributed by atoms with Crippen molar-refractivity contribution in [2.24, 2.45) is 0 Å². The molecule has 0 saturated heterocycles. The molecule has 3 heteroatoms. The molecule has 1 spiro atoms. The minimum absolute atomic E-state index is 0.0865. The zero-order valence-corrected chi connectivity index (χ0v) is 39.2. The van der Waals surface area contributed by atoms with Crippen LogP contribution in [-0.2, 0) is 21.7 Å². The first-order valence-electron chi connectivity index (χ1n) is 24.3. The fourth-order valence-electron chi connectivity index (χ4n) is 13.6. The summed E-state index contributed by atoms with van der Waals surface area (Å²) in [5.41, 5.74) is 26.8. The van der Waals surface area contributed by atoms with E-state index in [2.05, 4.69) is 235 Å². The van der Waals surface area contributed by atoms with E-state index >= 15 is 0 Å². The van der Waals surface area contributed by atoms with Gasteiger partial charge in [-0.15, -0.1) is 0 Å². The van der Waals surface area contributed by atoms with E-state index in [9.17, 15) is 0 Å². The first-order chi connectivity index (χ1) is 32.5. The summed E-state index contributed by atoms with van der Waals surface area (Å²) in [5, 5.41) is 6.70. The maximum atomic E-state index is 4.22. The summed E-state index contributed by atoms with van der Waals surface area (Å²) in [6.07, 6.45) is 2.37. The number of para-hydroxylation sites is 2. The van der Waals surface area contributed by atoms with E-state index in [1.165, 1.54) is 135 Å². The molecule has 67 heavy (non-hydrogen) atoms. The van der Waals surface area contributed by atoms with Crippen LogP contribution in [-0.4, -0.2) is 7.28 Å². The molecule has 0 saturated carbocycles. The molecule has 0 amide bonds. The highest BCUT2D eigenvalue weighted by Crippen LogP contribution is 2.64. The van der Waals surface area contributed by atoms with Crippen molar-refractivity contribution in [3.63, 3.8) is 0 Å². The van der Waals surface area contributed by atoms with Gasteiger partial charge in [0.25, 0.3) is 0 Å². The topological polar surface area (TPSA) is 15.3 Å². The Hall–Kier alpha value is -7.10. The van der Waals surface area contributed by atoms with Gasteiger partial charge < -0.3 is 10.2 Å². The van der Waals surface area contributed by atoms with E-state index in [0.717, 1.165) is 5.69 Å². The van der Waals surface area contributed by atoms with Crippen molar-refractivity contribution >= 4 is 57.4 Å². The molecule has 0 aromatic heterocycles. The van der Waals surface area contributed by atoms with Gasteiger partial charge in [-0.1, -0.05) is 199 Å². The molecule has 2 aliphatic heterocycles. The average molecular weight is 860 g/mol. The molecule has 1 N–H and O–H groups in total. The highest BCUT2D eigenvalue weighted by atomic mass is 15.2. The summed E-state index contributed by atoms with van der Waals surface area (Å²) in [6.45, 7) is 14.5. The van der Waals surface area contributed by atoms with Crippen LogP contribution in [0.2, 0.25) is 0 Å². The van der Waals surface area contributed by atoms with E-state index < -0.39 is 5.41 Å². The van der Waals surface area contributed by atoms with Crippen molar-refractivity contribution < 1.29 is 0 Å². The van der Waals surface area contributed by atoms with E-state index in [1.54, 1.807) is 0 Å². The predicted molar refractivity (Wildman–Crippen MR) is 283 cm³/mol. The lowest BCUT2D eigenvalue weighted by Crippen LogP contribution is -2.47. The monoisotopic (exact) mass is 859 g/mol. The minimum atomic E-state index is -0.472. The Morgan fingerprint density at radius 1 is 0.448 bits per heavy atom. The smallest absolute Gasteiger partial charge is 0.197 e. The average Bonchev–Trinajstić information content (AvgIpc) is 3.77. The van der Waals surface area contributed by atoms with Crippen molar-refractivity contribution in [2.45, 2.75) is 76.0 Å². The maximum absolute atomic E-state index is 4.22. The number of nitrogens with zero attached hydrogens (tertiary/aromatic N) is 1. The van der Waals surface area contributed by atoms with Crippen LogP contribution >= 0.6 is 0 Å². The number of hydrogen-bond donors (Lipinski definition) is 1. The number of fused-ring (bicyclic) bond motifs is 17. The van der Waals surface area contributed by atoms with Gasteiger partial charge in [-0.3, -0.25) is 0 Å². The van der Waals surface area contributed by atoms with Crippen LogP contribution in [0.25, 0.3) is 44.2 Å². The zero-order chi connectivity index (χ0) is 45.2. The van der Waals surface area contributed by atoms with E-state index in [1.807, 2.05) is 0 Å². The largest absolute Gasteiger partial charge is 0.354 e. The first kappa shape index (κ1) is 39.1. The lowest BCUT2D eigenvalue weighted by Gasteiger charge is -2.48. The van der Waals surface area contributed by atoms with Crippen LogP contribution in [0, 0.1) is 0 Å². The Morgan fingerprint density at radius 2 is 1.06 bits per heavy atom. The second-order valence-electron chi connectivity index (χ2n) is 21.7. The number of rotatable bonds is 3.